The number of ether oxygens (including phenoxy) is 1. The molecule has 0 heterocycles. The van der Waals surface area contributed by atoms with Crippen LogP contribution in [-0.2, 0) is 16.1 Å². The molecule has 0 fully saturated rings. The molecule has 0 aliphatic heterocycles. The van der Waals surface area contributed by atoms with Crippen LogP contribution in [0.5, 0.6) is 0 Å². The van der Waals surface area contributed by atoms with E-state index in [1.54, 1.807) is 0 Å². The first-order valence-corrected chi connectivity index (χ1v) is 9.79. The van der Waals surface area contributed by atoms with Gasteiger partial charge in [0.1, 0.15) is 6.61 Å². The number of anilines is 1. The molecule has 0 saturated carbocycles. The van der Waals surface area contributed by atoms with Crippen molar-refractivity contribution in [3.05, 3.63) is 65.7 Å². The number of esters is 1. The zero-order valence-corrected chi connectivity index (χ0v) is 16.8. The summed E-state index contributed by atoms with van der Waals surface area (Å²) in [4.78, 5) is 24.3. The standard InChI is InChI=1S/C22H30N4O3/c1-16-9-5-6-13-19(16)26-22(28)25-14-8-7-12-18(20(23)24)21(27)29-15-17-10-3-2-4-11-17/h2-6,9-11,13,18,20H,7-8,12,14-15,23-24H2,1H3,(H2,25,26,28)/t18-/m1/s1. The lowest BCUT2D eigenvalue weighted by Gasteiger charge is -2.19. The molecule has 2 aromatic rings. The lowest BCUT2D eigenvalue weighted by Crippen LogP contribution is -2.43. The maximum Gasteiger partial charge on any atom is 0.319 e. The van der Waals surface area contributed by atoms with Crippen LogP contribution < -0.4 is 22.1 Å². The van der Waals surface area contributed by atoms with Gasteiger partial charge < -0.3 is 26.8 Å². The summed E-state index contributed by atoms with van der Waals surface area (Å²) in [7, 11) is 0. The molecular weight excluding hydrogens is 368 g/mol. The van der Waals surface area contributed by atoms with Crippen molar-refractivity contribution in [1.82, 2.24) is 5.32 Å². The van der Waals surface area contributed by atoms with E-state index in [0.29, 0.717) is 25.8 Å². The second kappa shape index (κ2) is 11.8. The number of para-hydroxylation sites is 1. The third kappa shape index (κ3) is 7.93. The predicted octanol–water partition coefficient (Wildman–Crippen LogP) is 2.89. The van der Waals surface area contributed by atoms with Gasteiger partial charge in [-0.2, -0.15) is 0 Å². The SMILES string of the molecule is Cc1ccccc1NC(=O)NCCCC[C@@H](C(=O)OCc1ccccc1)C(N)N. The van der Waals surface area contributed by atoms with Crippen molar-refractivity contribution in [2.75, 3.05) is 11.9 Å². The molecule has 0 spiro atoms. The third-order valence-electron chi connectivity index (χ3n) is 4.61. The van der Waals surface area contributed by atoms with Crippen LogP contribution in [-0.4, -0.2) is 24.7 Å². The zero-order chi connectivity index (χ0) is 21.1. The van der Waals surface area contributed by atoms with E-state index in [0.717, 1.165) is 16.8 Å². The van der Waals surface area contributed by atoms with Crippen molar-refractivity contribution in [3.8, 4) is 0 Å². The van der Waals surface area contributed by atoms with Crippen molar-refractivity contribution in [3.63, 3.8) is 0 Å². The van der Waals surface area contributed by atoms with Gasteiger partial charge in [0.05, 0.1) is 12.1 Å². The Kier molecular flexibility index (Phi) is 9.14. The van der Waals surface area contributed by atoms with Crippen LogP contribution in [0.3, 0.4) is 0 Å². The van der Waals surface area contributed by atoms with Crippen LogP contribution in [0.15, 0.2) is 54.6 Å². The molecule has 0 aromatic heterocycles. The van der Waals surface area contributed by atoms with Gasteiger partial charge in [0.2, 0.25) is 0 Å². The Morgan fingerprint density at radius 2 is 1.69 bits per heavy atom. The van der Waals surface area contributed by atoms with E-state index in [-0.39, 0.29) is 12.6 Å². The Balaban J connectivity index is 1.67. The molecule has 2 rings (SSSR count). The van der Waals surface area contributed by atoms with Crippen LogP contribution >= 0.6 is 0 Å². The van der Waals surface area contributed by atoms with Crippen LogP contribution in [0, 0.1) is 12.8 Å². The number of benzene rings is 2. The highest BCUT2D eigenvalue weighted by Gasteiger charge is 2.24. The molecule has 6 N–H and O–H groups in total. The molecule has 156 valence electrons. The van der Waals surface area contributed by atoms with E-state index in [4.69, 9.17) is 16.2 Å². The number of hydrogen-bond donors (Lipinski definition) is 4. The molecule has 0 aliphatic carbocycles. The van der Waals surface area contributed by atoms with E-state index in [1.807, 2.05) is 61.5 Å². The van der Waals surface area contributed by atoms with Gasteiger partial charge in [0, 0.05) is 12.2 Å². The Hall–Kier alpha value is -2.90. The lowest BCUT2D eigenvalue weighted by atomic mass is 9.99. The molecule has 1 atom stereocenters. The van der Waals surface area contributed by atoms with Crippen LogP contribution in [0.2, 0.25) is 0 Å². The van der Waals surface area contributed by atoms with Gasteiger partial charge in [-0.1, -0.05) is 55.0 Å². The molecule has 2 aromatic carbocycles. The summed E-state index contributed by atoms with van der Waals surface area (Å²) < 4.78 is 5.35. The average molecular weight is 399 g/mol. The number of carbonyl (C=O) groups excluding carboxylic acids is 2. The second-order valence-corrected chi connectivity index (χ2v) is 6.97. The first-order valence-electron chi connectivity index (χ1n) is 9.79. The summed E-state index contributed by atoms with van der Waals surface area (Å²) in [6.45, 7) is 2.62. The van der Waals surface area contributed by atoms with Crippen molar-refractivity contribution < 1.29 is 14.3 Å². The number of nitrogens with two attached hydrogens (primary N) is 2. The number of carbonyl (C=O) groups is 2. The highest BCUT2D eigenvalue weighted by Crippen LogP contribution is 2.14. The van der Waals surface area contributed by atoms with E-state index in [9.17, 15) is 9.59 Å². The second-order valence-electron chi connectivity index (χ2n) is 6.97. The monoisotopic (exact) mass is 398 g/mol. The maximum atomic E-state index is 12.3. The first kappa shape index (κ1) is 22.4. The van der Waals surface area contributed by atoms with E-state index in [2.05, 4.69) is 10.6 Å². The summed E-state index contributed by atoms with van der Waals surface area (Å²) in [5.74, 6) is -0.964. The number of hydrogen-bond acceptors (Lipinski definition) is 5. The number of nitrogens with one attached hydrogen (secondary N) is 2. The molecular formula is C22H30N4O3. The molecule has 0 saturated heterocycles. The fourth-order valence-corrected chi connectivity index (χ4v) is 2.87. The largest absolute Gasteiger partial charge is 0.461 e. The summed E-state index contributed by atoms with van der Waals surface area (Å²) >= 11 is 0. The van der Waals surface area contributed by atoms with Gasteiger partial charge >= 0.3 is 12.0 Å². The zero-order valence-electron chi connectivity index (χ0n) is 16.8. The molecule has 0 aliphatic rings. The Morgan fingerprint density at radius 1 is 1.00 bits per heavy atom. The minimum Gasteiger partial charge on any atom is -0.461 e. The van der Waals surface area contributed by atoms with Crippen molar-refractivity contribution >= 4 is 17.7 Å². The maximum absolute atomic E-state index is 12.3. The lowest BCUT2D eigenvalue weighted by molar-refractivity contribution is -0.151. The predicted molar refractivity (Wildman–Crippen MR) is 114 cm³/mol. The van der Waals surface area contributed by atoms with Crippen LogP contribution in [0.4, 0.5) is 10.5 Å². The highest BCUT2D eigenvalue weighted by atomic mass is 16.5. The van der Waals surface area contributed by atoms with Gasteiger partial charge in [-0.15, -0.1) is 0 Å². The van der Waals surface area contributed by atoms with E-state index >= 15 is 0 Å². The number of rotatable bonds is 10. The quantitative estimate of drug-likeness (QED) is 0.279. The summed E-state index contributed by atoms with van der Waals surface area (Å²) in [6, 6.07) is 16.8. The van der Waals surface area contributed by atoms with Crippen LogP contribution in [0.1, 0.15) is 30.4 Å². The van der Waals surface area contributed by atoms with Gasteiger partial charge in [0.15, 0.2) is 0 Å². The summed E-state index contributed by atoms with van der Waals surface area (Å²) in [5.41, 5.74) is 14.2. The van der Waals surface area contributed by atoms with Gasteiger partial charge in [-0.3, -0.25) is 4.79 Å². The summed E-state index contributed by atoms with van der Waals surface area (Å²) in [5, 5.41) is 5.62. The minimum absolute atomic E-state index is 0.198. The van der Waals surface area contributed by atoms with Gasteiger partial charge in [-0.25, -0.2) is 4.79 Å². The van der Waals surface area contributed by atoms with E-state index in [1.165, 1.54) is 0 Å². The Morgan fingerprint density at radius 3 is 2.38 bits per heavy atom. The summed E-state index contributed by atoms with van der Waals surface area (Å²) in [6.07, 6.45) is 1.12. The van der Waals surface area contributed by atoms with Crippen molar-refractivity contribution in [2.24, 2.45) is 17.4 Å². The first-order chi connectivity index (χ1) is 14.0. The van der Waals surface area contributed by atoms with Crippen LogP contribution in [0.25, 0.3) is 0 Å². The smallest absolute Gasteiger partial charge is 0.319 e. The average Bonchev–Trinajstić information content (AvgIpc) is 2.71. The molecule has 0 unspecified atom stereocenters. The number of aryl methyl sites for hydroxylation is 1. The fourth-order valence-electron chi connectivity index (χ4n) is 2.87. The topological polar surface area (TPSA) is 119 Å². The van der Waals surface area contributed by atoms with Crippen molar-refractivity contribution in [1.29, 1.82) is 0 Å². The van der Waals surface area contributed by atoms with Gasteiger partial charge in [-0.05, 0) is 37.0 Å². The normalized spacial score (nSPS) is 11.7. The molecule has 2 amide bonds. The van der Waals surface area contributed by atoms with E-state index < -0.39 is 18.1 Å². The van der Waals surface area contributed by atoms with Gasteiger partial charge in [0.25, 0.3) is 0 Å². The Bertz CT molecular complexity index is 781. The Labute approximate surface area is 171 Å². The molecule has 7 heteroatoms. The third-order valence-corrected chi connectivity index (χ3v) is 4.61. The van der Waals surface area contributed by atoms with Crippen molar-refractivity contribution in [2.45, 2.75) is 39.0 Å². The molecule has 29 heavy (non-hydrogen) atoms. The number of urea groups is 1. The number of amides is 2. The molecule has 0 bridgehead atoms. The molecule has 7 nitrogen and oxygen atoms in total. The fraction of sp³-hybridized carbons (Fsp3) is 0.364. The molecule has 0 radical (unpaired) electrons. The highest BCUT2D eigenvalue weighted by molar-refractivity contribution is 5.89. The number of unbranched alkanes of at least 4 members (excludes halogenated alkanes) is 1. The minimum atomic E-state index is -0.782.